The lowest BCUT2D eigenvalue weighted by Gasteiger charge is -2.12. The van der Waals surface area contributed by atoms with E-state index in [0.29, 0.717) is 5.02 Å². The van der Waals surface area contributed by atoms with Gasteiger partial charge in [0.05, 0.1) is 5.02 Å². The average molecular weight is 342 g/mol. The highest BCUT2D eigenvalue weighted by molar-refractivity contribution is 9.10. The Morgan fingerprint density at radius 1 is 1.26 bits per heavy atom. The van der Waals surface area contributed by atoms with Gasteiger partial charge in [-0.25, -0.2) is 9.97 Å². The number of nitrogens with zero attached hydrogens (tertiary/aromatic N) is 2. The molecule has 100 valence electrons. The summed E-state index contributed by atoms with van der Waals surface area (Å²) in [7, 11) is 0. The van der Waals surface area contributed by atoms with E-state index >= 15 is 0 Å². The Kier molecular flexibility index (Phi) is 4.61. The summed E-state index contributed by atoms with van der Waals surface area (Å²) in [6.45, 7) is 4.82. The smallest absolute Gasteiger partial charge is 0.138 e. The second kappa shape index (κ2) is 6.21. The van der Waals surface area contributed by atoms with Crippen LogP contribution >= 0.6 is 27.5 Å². The highest BCUT2D eigenvalue weighted by Crippen LogP contribution is 2.28. The lowest BCUT2D eigenvalue weighted by molar-refractivity contribution is 1.08. The molecule has 2 aromatic rings. The predicted molar refractivity (Wildman–Crippen MR) is 83.4 cm³/mol. The molecule has 6 heteroatoms. The Bertz CT molecular complexity index is 589. The van der Waals surface area contributed by atoms with Crippen molar-refractivity contribution >= 4 is 44.9 Å². The van der Waals surface area contributed by atoms with Gasteiger partial charge in [0.15, 0.2) is 0 Å². The Balaban J connectivity index is 2.27. The van der Waals surface area contributed by atoms with Crippen molar-refractivity contribution < 1.29 is 0 Å². The van der Waals surface area contributed by atoms with Crippen LogP contribution in [0.1, 0.15) is 12.5 Å². The molecule has 4 nitrogen and oxygen atoms in total. The summed E-state index contributed by atoms with van der Waals surface area (Å²) in [5.41, 5.74) is 1.86. The van der Waals surface area contributed by atoms with E-state index in [4.69, 9.17) is 11.6 Å². The summed E-state index contributed by atoms with van der Waals surface area (Å²) >= 11 is 9.43. The van der Waals surface area contributed by atoms with Crippen LogP contribution in [0.25, 0.3) is 0 Å². The molecule has 0 aliphatic rings. The van der Waals surface area contributed by atoms with Gasteiger partial charge in [-0.1, -0.05) is 11.6 Å². The van der Waals surface area contributed by atoms with Gasteiger partial charge in [0.2, 0.25) is 0 Å². The highest BCUT2D eigenvalue weighted by Gasteiger charge is 2.07. The molecule has 0 spiro atoms. The second-order valence-electron chi connectivity index (χ2n) is 3.98. The fraction of sp³-hybridized carbons (Fsp3) is 0.231. The van der Waals surface area contributed by atoms with Crippen molar-refractivity contribution in [2.45, 2.75) is 13.8 Å². The average Bonchev–Trinajstić information content (AvgIpc) is 2.39. The van der Waals surface area contributed by atoms with E-state index in [-0.39, 0.29) is 0 Å². The van der Waals surface area contributed by atoms with Crippen LogP contribution in [0.5, 0.6) is 0 Å². The number of hydrogen-bond donors (Lipinski definition) is 2. The van der Waals surface area contributed by atoms with Gasteiger partial charge in [-0.05, 0) is 48.0 Å². The molecule has 19 heavy (non-hydrogen) atoms. The molecule has 0 saturated heterocycles. The molecule has 0 saturated carbocycles. The number of hydrogen-bond acceptors (Lipinski definition) is 4. The zero-order chi connectivity index (χ0) is 13.8. The third-order valence-electron chi connectivity index (χ3n) is 2.61. The first kappa shape index (κ1) is 14.1. The largest absolute Gasteiger partial charge is 0.370 e. The van der Waals surface area contributed by atoms with E-state index in [9.17, 15) is 0 Å². The van der Waals surface area contributed by atoms with Crippen LogP contribution in [-0.2, 0) is 0 Å². The van der Waals surface area contributed by atoms with Crippen molar-refractivity contribution in [1.29, 1.82) is 0 Å². The minimum absolute atomic E-state index is 0.656. The van der Waals surface area contributed by atoms with Gasteiger partial charge in [0.1, 0.15) is 18.0 Å². The lowest BCUT2D eigenvalue weighted by atomic mass is 10.2. The third-order valence-corrected chi connectivity index (χ3v) is 3.84. The van der Waals surface area contributed by atoms with Crippen LogP contribution in [0.2, 0.25) is 5.02 Å². The van der Waals surface area contributed by atoms with Crippen LogP contribution in [0.15, 0.2) is 29.0 Å². The molecular weight excluding hydrogens is 328 g/mol. The second-order valence-corrected chi connectivity index (χ2v) is 5.24. The Morgan fingerprint density at radius 2 is 2.00 bits per heavy atom. The first-order valence-corrected chi connectivity index (χ1v) is 7.06. The summed E-state index contributed by atoms with van der Waals surface area (Å²) in [6.07, 6.45) is 1.54. The van der Waals surface area contributed by atoms with Crippen molar-refractivity contribution in [2.75, 3.05) is 17.2 Å². The number of aromatic nitrogens is 2. The molecule has 0 unspecified atom stereocenters. The molecule has 2 rings (SSSR count). The molecule has 1 heterocycles. The standard InChI is InChI=1S/C13H14BrClN4/c1-3-16-12-8(2)13(18-7-17-12)19-9-4-5-10(14)11(15)6-9/h4-7H,3H2,1-2H3,(H2,16,17,18,19). The van der Waals surface area contributed by atoms with Crippen LogP contribution < -0.4 is 10.6 Å². The summed E-state index contributed by atoms with van der Waals surface area (Å²) in [4.78, 5) is 8.46. The number of nitrogens with one attached hydrogen (secondary N) is 2. The Labute approximate surface area is 125 Å². The normalized spacial score (nSPS) is 10.3. The van der Waals surface area contributed by atoms with Crippen LogP contribution in [0.3, 0.4) is 0 Å². The van der Waals surface area contributed by atoms with Gasteiger partial charge in [-0.2, -0.15) is 0 Å². The molecule has 1 aromatic heterocycles. The topological polar surface area (TPSA) is 49.8 Å². The highest BCUT2D eigenvalue weighted by atomic mass is 79.9. The maximum atomic E-state index is 6.07. The van der Waals surface area contributed by atoms with Crippen molar-refractivity contribution in [1.82, 2.24) is 9.97 Å². The Morgan fingerprint density at radius 3 is 2.68 bits per heavy atom. The first-order chi connectivity index (χ1) is 9.11. The number of anilines is 3. The van der Waals surface area contributed by atoms with E-state index in [1.807, 2.05) is 32.0 Å². The third kappa shape index (κ3) is 3.36. The fourth-order valence-electron chi connectivity index (χ4n) is 1.63. The quantitative estimate of drug-likeness (QED) is 0.866. The molecule has 2 N–H and O–H groups in total. The first-order valence-electron chi connectivity index (χ1n) is 5.89. The molecule has 1 aromatic carbocycles. The van der Waals surface area contributed by atoms with Crippen molar-refractivity contribution in [3.63, 3.8) is 0 Å². The predicted octanol–water partition coefficient (Wildman–Crippen LogP) is 4.38. The summed E-state index contributed by atoms with van der Waals surface area (Å²) in [6, 6.07) is 5.68. The molecule has 0 atom stereocenters. The zero-order valence-electron chi connectivity index (χ0n) is 10.7. The lowest BCUT2D eigenvalue weighted by Crippen LogP contribution is -2.05. The molecule has 0 aliphatic carbocycles. The number of halogens is 2. The van der Waals surface area contributed by atoms with Gasteiger partial charge in [-0.3, -0.25) is 0 Å². The Hall–Kier alpha value is -1.33. The van der Waals surface area contributed by atoms with Gasteiger partial charge in [0.25, 0.3) is 0 Å². The van der Waals surface area contributed by atoms with Crippen LogP contribution in [0.4, 0.5) is 17.3 Å². The maximum Gasteiger partial charge on any atom is 0.138 e. The minimum atomic E-state index is 0.656. The molecule has 0 aliphatic heterocycles. The molecule has 0 amide bonds. The van der Waals surface area contributed by atoms with Gasteiger partial charge in [-0.15, -0.1) is 0 Å². The SMILES string of the molecule is CCNc1ncnc(Nc2ccc(Br)c(Cl)c2)c1C. The van der Waals surface area contributed by atoms with Crippen molar-refractivity contribution in [3.8, 4) is 0 Å². The van der Waals surface area contributed by atoms with Crippen molar-refractivity contribution in [3.05, 3.63) is 39.6 Å². The fourth-order valence-corrected chi connectivity index (χ4v) is 2.06. The minimum Gasteiger partial charge on any atom is -0.370 e. The van der Waals surface area contributed by atoms with E-state index in [1.54, 1.807) is 0 Å². The van der Waals surface area contributed by atoms with Crippen LogP contribution in [-0.4, -0.2) is 16.5 Å². The van der Waals surface area contributed by atoms with Crippen molar-refractivity contribution in [2.24, 2.45) is 0 Å². The summed E-state index contributed by atoms with van der Waals surface area (Å²) in [5, 5.41) is 7.10. The van der Waals surface area contributed by atoms with E-state index in [1.165, 1.54) is 6.33 Å². The van der Waals surface area contributed by atoms with E-state index in [0.717, 1.165) is 33.9 Å². The van der Waals surface area contributed by atoms with E-state index in [2.05, 4.69) is 36.5 Å². The maximum absolute atomic E-state index is 6.07. The van der Waals surface area contributed by atoms with E-state index < -0.39 is 0 Å². The number of benzene rings is 1. The van der Waals surface area contributed by atoms with Gasteiger partial charge >= 0.3 is 0 Å². The van der Waals surface area contributed by atoms with Gasteiger partial charge < -0.3 is 10.6 Å². The summed E-state index contributed by atoms with van der Waals surface area (Å²) in [5.74, 6) is 1.60. The van der Waals surface area contributed by atoms with Crippen LogP contribution in [0, 0.1) is 6.92 Å². The molecule has 0 bridgehead atoms. The summed E-state index contributed by atoms with van der Waals surface area (Å²) < 4.78 is 0.868. The van der Waals surface area contributed by atoms with Gasteiger partial charge in [0, 0.05) is 22.3 Å². The molecule has 0 radical (unpaired) electrons. The molecular formula is C13H14BrClN4. The molecule has 0 fully saturated rings. The monoisotopic (exact) mass is 340 g/mol. The number of rotatable bonds is 4. The zero-order valence-corrected chi connectivity index (χ0v) is 13.0.